The zero-order chi connectivity index (χ0) is 18.9. The number of benzene rings is 1. The Morgan fingerprint density at radius 1 is 1.15 bits per heavy atom. The highest BCUT2D eigenvalue weighted by molar-refractivity contribution is 7.92. The lowest BCUT2D eigenvalue weighted by Gasteiger charge is -2.19. The standard InChI is InChI=1S/C19H22N2O4S/c1-19(2,3)25-18(22)21-17-10-7-14(12-20-17)13-5-4-6-16(11-13)26(23,24)15-8-9-15/h4-7,10-12,15H,8-9H2,1-3H3,(H,20,21,22). The molecule has 1 saturated carbocycles. The number of amides is 1. The Bertz CT molecular complexity index is 911. The number of nitrogens with zero attached hydrogens (tertiary/aromatic N) is 1. The van der Waals surface area contributed by atoms with Crippen LogP contribution in [0.5, 0.6) is 0 Å². The van der Waals surface area contributed by atoms with Crippen LogP contribution in [0.25, 0.3) is 11.1 Å². The first-order valence-electron chi connectivity index (χ1n) is 8.45. The summed E-state index contributed by atoms with van der Waals surface area (Å²) in [6.07, 6.45) is 2.49. The highest BCUT2D eigenvalue weighted by Gasteiger charge is 2.36. The Labute approximate surface area is 153 Å². The second-order valence-corrected chi connectivity index (χ2v) is 9.56. The van der Waals surface area contributed by atoms with Crippen LogP contribution in [0, 0.1) is 0 Å². The van der Waals surface area contributed by atoms with Gasteiger partial charge in [0.2, 0.25) is 0 Å². The van der Waals surface area contributed by atoms with E-state index in [0.717, 1.165) is 24.0 Å². The minimum Gasteiger partial charge on any atom is -0.444 e. The second-order valence-electron chi connectivity index (χ2n) is 7.33. The lowest BCUT2D eigenvalue weighted by molar-refractivity contribution is 0.0635. The molecule has 1 heterocycles. The number of ether oxygens (including phenoxy) is 1. The highest BCUT2D eigenvalue weighted by Crippen LogP contribution is 2.34. The highest BCUT2D eigenvalue weighted by atomic mass is 32.2. The average molecular weight is 374 g/mol. The summed E-state index contributed by atoms with van der Waals surface area (Å²) in [7, 11) is -3.23. The molecule has 26 heavy (non-hydrogen) atoms. The molecule has 0 atom stereocenters. The number of hydrogen-bond donors (Lipinski definition) is 1. The minimum atomic E-state index is -3.23. The van der Waals surface area contributed by atoms with Gasteiger partial charge in [-0.1, -0.05) is 12.1 Å². The first-order valence-corrected chi connectivity index (χ1v) is 10.0. The van der Waals surface area contributed by atoms with E-state index in [0.29, 0.717) is 10.7 Å². The summed E-state index contributed by atoms with van der Waals surface area (Å²) in [6, 6.07) is 10.3. The summed E-state index contributed by atoms with van der Waals surface area (Å²) in [5.41, 5.74) is 0.952. The molecule has 0 unspecified atom stereocenters. The van der Waals surface area contributed by atoms with Gasteiger partial charge in [-0.05, 0) is 63.4 Å². The Balaban J connectivity index is 1.76. The van der Waals surface area contributed by atoms with Crippen molar-refractivity contribution in [3.05, 3.63) is 42.6 Å². The number of carbonyl (C=O) groups excluding carboxylic acids is 1. The van der Waals surface area contributed by atoms with Gasteiger partial charge in [-0.3, -0.25) is 5.32 Å². The van der Waals surface area contributed by atoms with E-state index < -0.39 is 21.5 Å². The molecule has 0 saturated heterocycles. The SMILES string of the molecule is CC(C)(C)OC(=O)Nc1ccc(-c2cccc(S(=O)(=O)C3CC3)c2)cn1. The summed E-state index contributed by atoms with van der Waals surface area (Å²) in [4.78, 5) is 16.3. The van der Waals surface area contributed by atoms with Crippen LogP contribution in [0.2, 0.25) is 0 Å². The lowest BCUT2D eigenvalue weighted by atomic mass is 10.1. The zero-order valence-electron chi connectivity index (χ0n) is 15.0. The first-order chi connectivity index (χ1) is 12.1. The van der Waals surface area contributed by atoms with E-state index in [4.69, 9.17) is 4.74 Å². The summed E-state index contributed by atoms with van der Waals surface area (Å²) in [5, 5.41) is 2.33. The number of pyridine rings is 1. The predicted octanol–water partition coefficient (Wildman–Crippen LogP) is 4.03. The molecule has 1 aliphatic rings. The van der Waals surface area contributed by atoms with Crippen molar-refractivity contribution in [2.24, 2.45) is 0 Å². The van der Waals surface area contributed by atoms with E-state index in [-0.39, 0.29) is 5.25 Å². The van der Waals surface area contributed by atoms with Crippen LogP contribution < -0.4 is 5.32 Å². The van der Waals surface area contributed by atoms with Gasteiger partial charge < -0.3 is 4.74 Å². The maximum absolute atomic E-state index is 12.4. The average Bonchev–Trinajstić information content (AvgIpc) is 3.39. The molecule has 0 spiro atoms. The molecule has 3 rings (SSSR count). The van der Waals surface area contributed by atoms with E-state index in [1.54, 1.807) is 57.3 Å². The fourth-order valence-electron chi connectivity index (χ4n) is 2.47. The van der Waals surface area contributed by atoms with Crippen LogP contribution >= 0.6 is 0 Å². The van der Waals surface area contributed by atoms with Gasteiger partial charge in [0.25, 0.3) is 0 Å². The third-order valence-corrected chi connectivity index (χ3v) is 6.11. The van der Waals surface area contributed by atoms with Gasteiger partial charge in [0.15, 0.2) is 9.84 Å². The smallest absolute Gasteiger partial charge is 0.413 e. The molecule has 1 fully saturated rings. The minimum absolute atomic E-state index is 0.240. The molecule has 0 radical (unpaired) electrons. The molecular weight excluding hydrogens is 352 g/mol. The molecule has 138 valence electrons. The Kier molecular flexibility index (Phi) is 4.75. The Morgan fingerprint density at radius 3 is 2.46 bits per heavy atom. The van der Waals surface area contributed by atoms with E-state index in [2.05, 4.69) is 10.3 Å². The lowest BCUT2D eigenvalue weighted by Crippen LogP contribution is -2.27. The monoisotopic (exact) mass is 374 g/mol. The van der Waals surface area contributed by atoms with E-state index in [9.17, 15) is 13.2 Å². The Morgan fingerprint density at radius 2 is 1.88 bits per heavy atom. The molecule has 0 aliphatic heterocycles. The van der Waals surface area contributed by atoms with Crippen LogP contribution in [0.15, 0.2) is 47.5 Å². The van der Waals surface area contributed by atoms with Crippen molar-refractivity contribution in [3.63, 3.8) is 0 Å². The van der Waals surface area contributed by atoms with Crippen molar-refractivity contribution < 1.29 is 17.9 Å². The van der Waals surface area contributed by atoms with Crippen LogP contribution in [-0.2, 0) is 14.6 Å². The number of sulfone groups is 1. The number of rotatable bonds is 4. The fraction of sp³-hybridized carbons (Fsp3) is 0.368. The predicted molar refractivity (Wildman–Crippen MR) is 99.7 cm³/mol. The maximum atomic E-state index is 12.4. The van der Waals surface area contributed by atoms with Gasteiger partial charge in [0.05, 0.1) is 10.1 Å². The normalized spacial score (nSPS) is 14.7. The molecule has 1 aromatic heterocycles. The van der Waals surface area contributed by atoms with E-state index >= 15 is 0 Å². The van der Waals surface area contributed by atoms with Crippen LogP contribution in [0.1, 0.15) is 33.6 Å². The van der Waals surface area contributed by atoms with Gasteiger partial charge in [0.1, 0.15) is 11.4 Å². The van der Waals surface area contributed by atoms with Gasteiger partial charge >= 0.3 is 6.09 Å². The number of aromatic nitrogens is 1. The van der Waals surface area contributed by atoms with Crippen LogP contribution in [0.4, 0.5) is 10.6 Å². The molecule has 1 aliphatic carbocycles. The topological polar surface area (TPSA) is 85.4 Å². The molecular formula is C19H22N2O4S. The van der Waals surface area contributed by atoms with Gasteiger partial charge in [-0.15, -0.1) is 0 Å². The molecule has 1 aromatic carbocycles. The summed E-state index contributed by atoms with van der Waals surface area (Å²) in [5.74, 6) is 0.366. The van der Waals surface area contributed by atoms with Crippen molar-refractivity contribution in [1.82, 2.24) is 4.98 Å². The van der Waals surface area contributed by atoms with Crippen LogP contribution in [-0.4, -0.2) is 30.3 Å². The molecule has 7 heteroatoms. The summed E-state index contributed by atoms with van der Waals surface area (Å²) in [6.45, 7) is 5.35. The number of hydrogen-bond acceptors (Lipinski definition) is 5. The third kappa shape index (κ3) is 4.40. The third-order valence-electron chi connectivity index (χ3n) is 3.85. The van der Waals surface area contributed by atoms with Crippen molar-refractivity contribution in [2.75, 3.05) is 5.32 Å². The molecule has 0 bridgehead atoms. The number of anilines is 1. The largest absolute Gasteiger partial charge is 0.444 e. The van der Waals surface area contributed by atoms with Crippen LogP contribution in [0.3, 0.4) is 0 Å². The van der Waals surface area contributed by atoms with Crippen molar-refractivity contribution in [3.8, 4) is 11.1 Å². The second kappa shape index (κ2) is 6.72. The van der Waals surface area contributed by atoms with Crippen molar-refractivity contribution in [1.29, 1.82) is 0 Å². The first kappa shape index (κ1) is 18.4. The molecule has 1 amide bonds. The van der Waals surface area contributed by atoms with Gasteiger partial charge in [-0.25, -0.2) is 18.2 Å². The zero-order valence-corrected chi connectivity index (χ0v) is 15.8. The van der Waals surface area contributed by atoms with Crippen molar-refractivity contribution in [2.45, 2.75) is 49.4 Å². The Hall–Kier alpha value is -2.41. The van der Waals surface area contributed by atoms with E-state index in [1.165, 1.54) is 0 Å². The summed E-state index contributed by atoms with van der Waals surface area (Å²) >= 11 is 0. The van der Waals surface area contributed by atoms with E-state index in [1.807, 2.05) is 6.07 Å². The summed E-state index contributed by atoms with van der Waals surface area (Å²) < 4.78 is 30.0. The number of carbonyl (C=O) groups is 1. The quantitative estimate of drug-likeness (QED) is 0.873. The maximum Gasteiger partial charge on any atom is 0.413 e. The molecule has 1 N–H and O–H groups in total. The molecule has 2 aromatic rings. The fourth-order valence-corrected chi connectivity index (χ4v) is 4.17. The van der Waals surface area contributed by atoms with Crippen molar-refractivity contribution >= 4 is 21.7 Å². The van der Waals surface area contributed by atoms with Gasteiger partial charge in [-0.2, -0.15) is 0 Å². The number of nitrogens with one attached hydrogen (secondary N) is 1. The van der Waals surface area contributed by atoms with Gasteiger partial charge in [0, 0.05) is 11.8 Å². The molecule has 6 nitrogen and oxygen atoms in total.